The molecule has 2 heteroatoms. The second kappa shape index (κ2) is 13.2. The second-order valence-electron chi connectivity index (χ2n) is 8.63. The van der Waals surface area contributed by atoms with Gasteiger partial charge in [0, 0.05) is 31.1 Å². The number of benzene rings is 2. The minimum Gasteiger partial charge on any atom is -0.355 e. The van der Waals surface area contributed by atoms with E-state index in [4.69, 9.17) is 0 Å². The number of rotatable bonds is 14. The molecule has 0 spiro atoms. The lowest BCUT2D eigenvalue weighted by atomic mass is 10.1. The minimum absolute atomic E-state index is 0.369. The first-order valence-electron chi connectivity index (χ1n) is 12.2. The molecule has 2 nitrogen and oxygen atoms in total. The van der Waals surface area contributed by atoms with E-state index >= 15 is 0 Å². The predicted molar refractivity (Wildman–Crippen MR) is 131 cm³/mol. The third-order valence-electron chi connectivity index (χ3n) is 6.21. The SMILES string of the molecule is CCCCCCCCCCCCN1C=CN(c2ccccc2)C1Cc1ccccc1. The van der Waals surface area contributed by atoms with Crippen molar-refractivity contribution in [1.82, 2.24) is 4.90 Å². The molecule has 0 amide bonds. The third-order valence-corrected chi connectivity index (χ3v) is 6.21. The number of anilines is 1. The maximum absolute atomic E-state index is 2.55. The Kier molecular flexibility index (Phi) is 9.85. The molecule has 2 aromatic carbocycles. The molecule has 0 bridgehead atoms. The molecule has 3 rings (SSSR count). The summed E-state index contributed by atoms with van der Waals surface area (Å²) in [4.78, 5) is 4.98. The van der Waals surface area contributed by atoms with Gasteiger partial charge in [-0.2, -0.15) is 0 Å². The van der Waals surface area contributed by atoms with Crippen molar-refractivity contribution in [1.29, 1.82) is 0 Å². The molecule has 2 aromatic rings. The van der Waals surface area contributed by atoms with Gasteiger partial charge in [0.05, 0.1) is 0 Å². The highest BCUT2D eigenvalue weighted by atomic mass is 15.4. The fourth-order valence-corrected chi connectivity index (χ4v) is 4.42. The van der Waals surface area contributed by atoms with E-state index in [9.17, 15) is 0 Å². The Morgan fingerprint density at radius 1 is 0.633 bits per heavy atom. The Hall–Kier alpha value is -2.22. The average molecular weight is 405 g/mol. The van der Waals surface area contributed by atoms with Crippen LogP contribution in [0.3, 0.4) is 0 Å². The van der Waals surface area contributed by atoms with Gasteiger partial charge >= 0.3 is 0 Å². The first-order valence-corrected chi connectivity index (χ1v) is 12.2. The van der Waals surface area contributed by atoms with Crippen molar-refractivity contribution in [2.45, 2.75) is 83.7 Å². The van der Waals surface area contributed by atoms with Crippen molar-refractivity contribution >= 4 is 5.69 Å². The van der Waals surface area contributed by atoms with Gasteiger partial charge in [-0.3, -0.25) is 0 Å². The molecule has 1 unspecified atom stereocenters. The number of hydrogen-bond acceptors (Lipinski definition) is 2. The summed E-state index contributed by atoms with van der Waals surface area (Å²) in [5.74, 6) is 0. The lowest BCUT2D eigenvalue weighted by Crippen LogP contribution is -2.40. The van der Waals surface area contributed by atoms with Crippen LogP contribution >= 0.6 is 0 Å². The lowest BCUT2D eigenvalue weighted by Gasteiger charge is -2.33. The van der Waals surface area contributed by atoms with E-state index in [-0.39, 0.29) is 0 Å². The van der Waals surface area contributed by atoms with Crippen LogP contribution in [0, 0.1) is 0 Å². The highest BCUT2D eigenvalue weighted by molar-refractivity contribution is 5.51. The smallest absolute Gasteiger partial charge is 0.109 e. The van der Waals surface area contributed by atoms with E-state index in [2.05, 4.69) is 89.8 Å². The summed E-state index contributed by atoms with van der Waals surface area (Å²) in [6.07, 6.45) is 19.9. The number of unbranched alkanes of at least 4 members (excludes halogenated alkanes) is 9. The number of hydrogen-bond donors (Lipinski definition) is 0. The van der Waals surface area contributed by atoms with Gasteiger partial charge in [0.15, 0.2) is 0 Å². The molecule has 1 aliphatic rings. The van der Waals surface area contributed by atoms with Crippen LogP contribution in [0.5, 0.6) is 0 Å². The molecule has 1 atom stereocenters. The van der Waals surface area contributed by atoms with E-state index in [1.54, 1.807) is 0 Å². The van der Waals surface area contributed by atoms with E-state index in [0.717, 1.165) is 13.0 Å². The van der Waals surface area contributed by atoms with Crippen LogP contribution in [0.2, 0.25) is 0 Å². The van der Waals surface area contributed by atoms with Crippen LogP contribution in [-0.4, -0.2) is 17.6 Å². The number of para-hydroxylation sites is 1. The summed E-state index contributed by atoms with van der Waals surface area (Å²) in [6, 6.07) is 21.7. The van der Waals surface area contributed by atoms with E-state index in [0.29, 0.717) is 6.17 Å². The Morgan fingerprint density at radius 2 is 1.20 bits per heavy atom. The van der Waals surface area contributed by atoms with Crippen molar-refractivity contribution in [2.24, 2.45) is 0 Å². The van der Waals surface area contributed by atoms with Gasteiger partial charge in [-0.15, -0.1) is 0 Å². The first kappa shape index (κ1) is 22.5. The number of nitrogens with zero attached hydrogens (tertiary/aromatic N) is 2. The quantitative estimate of drug-likeness (QED) is 0.297. The fraction of sp³-hybridized carbons (Fsp3) is 0.500. The third kappa shape index (κ3) is 7.23. The Balaban J connectivity index is 1.44. The summed E-state index contributed by atoms with van der Waals surface area (Å²) >= 11 is 0. The zero-order valence-corrected chi connectivity index (χ0v) is 18.9. The van der Waals surface area contributed by atoms with Crippen molar-refractivity contribution in [2.75, 3.05) is 11.4 Å². The van der Waals surface area contributed by atoms with Gasteiger partial charge in [-0.05, 0) is 24.1 Å². The summed E-state index contributed by atoms with van der Waals surface area (Å²) in [6.45, 7) is 3.44. The summed E-state index contributed by atoms with van der Waals surface area (Å²) in [5, 5.41) is 0. The highest BCUT2D eigenvalue weighted by Crippen LogP contribution is 2.27. The van der Waals surface area contributed by atoms with E-state index < -0.39 is 0 Å². The lowest BCUT2D eigenvalue weighted by molar-refractivity contribution is 0.290. The molecule has 0 aliphatic carbocycles. The van der Waals surface area contributed by atoms with Crippen LogP contribution in [0.4, 0.5) is 5.69 Å². The molecule has 162 valence electrons. The van der Waals surface area contributed by atoms with Crippen LogP contribution in [0.1, 0.15) is 76.7 Å². The Morgan fingerprint density at radius 3 is 1.83 bits per heavy atom. The normalized spacial score (nSPS) is 15.8. The summed E-state index contributed by atoms with van der Waals surface area (Å²) < 4.78 is 0. The summed E-state index contributed by atoms with van der Waals surface area (Å²) in [7, 11) is 0. The molecular formula is C28H40N2. The van der Waals surface area contributed by atoms with Crippen molar-refractivity contribution in [3.05, 3.63) is 78.6 Å². The molecule has 1 aliphatic heterocycles. The van der Waals surface area contributed by atoms with Gasteiger partial charge in [-0.1, -0.05) is 113 Å². The van der Waals surface area contributed by atoms with Gasteiger partial charge < -0.3 is 9.80 Å². The topological polar surface area (TPSA) is 6.48 Å². The first-order chi connectivity index (χ1) is 14.9. The summed E-state index contributed by atoms with van der Waals surface area (Å²) in [5.41, 5.74) is 2.68. The molecular weight excluding hydrogens is 364 g/mol. The Labute approximate surface area is 184 Å². The standard InChI is InChI=1S/C28H40N2/c1-2-3-4-5-6-7-8-9-10-17-22-29-23-24-30(27-20-15-12-16-21-27)28(29)25-26-18-13-11-14-19-26/h11-16,18-21,23-24,28H,2-10,17,22,25H2,1H3. The van der Waals surface area contributed by atoms with Crippen molar-refractivity contribution in [3.63, 3.8) is 0 Å². The zero-order valence-electron chi connectivity index (χ0n) is 18.9. The Bertz CT molecular complexity index is 710. The minimum atomic E-state index is 0.369. The molecule has 1 heterocycles. The van der Waals surface area contributed by atoms with Crippen LogP contribution in [-0.2, 0) is 6.42 Å². The molecule has 30 heavy (non-hydrogen) atoms. The van der Waals surface area contributed by atoms with Crippen LogP contribution in [0.15, 0.2) is 73.1 Å². The second-order valence-corrected chi connectivity index (χ2v) is 8.63. The highest BCUT2D eigenvalue weighted by Gasteiger charge is 2.27. The largest absolute Gasteiger partial charge is 0.355 e. The molecule has 0 N–H and O–H groups in total. The predicted octanol–water partition coefficient (Wildman–Crippen LogP) is 7.77. The van der Waals surface area contributed by atoms with E-state index in [1.807, 2.05) is 0 Å². The van der Waals surface area contributed by atoms with Crippen LogP contribution < -0.4 is 4.90 Å². The molecule has 0 saturated heterocycles. The maximum Gasteiger partial charge on any atom is 0.109 e. The monoisotopic (exact) mass is 404 g/mol. The van der Waals surface area contributed by atoms with Gasteiger partial charge in [0.25, 0.3) is 0 Å². The van der Waals surface area contributed by atoms with Gasteiger partial charge in [0.2, 0.25) is 0 Å². The molecule has 0 aromatic heterocycles. The van der Waals surface area contributed by atoms with Crippen molar-refractivity contribution in [3.8, 4) is 0 Å². The maximum atomic E-state index is 2.55. The van der Waals surface area contributed by atoms with Gasteiger partial charge in [0.1, 0.15) is 6.17 Å². The molecule has 0 fully saturated rings. The zero-order chi connectivity index (χ0) is 20.9. The molecule has 0 radical (unpaired) electrons. The fourth-order valence-electron chi connectivity index (χ4n) is 4.42. The average Bonchev–Trinajstić information content (AvgIpc) is 3.18. The van der Waals surface area contributed by atoms with Crippen LogP contribution in [0.25, 0.3) is 0 Å². The van der Waals surface area contributed by atoms with Crippen molar-refractivity contribution < 1.29 is 0 Å². The van der Waals surface area contributed by atoms with E-state index in [1.165, 1.54) is 75.5 Å². The van der Waals surface area contributed by atoms with Gasteiger partial charge in [-0.25, -0.2) is 0 Å². The molecule has 0 saturated carbocycles.